The Balaban J connectivity index is 1.98. The summed E-state index contributed by atoms with van der Waals surface area (Å²) in [6, 6.07) is 7.93. The SMILES string of the molecule is C=C[C@@](C)(CO)c1cc2c(cc1O)OC[C@@H](c1ccc(O)cc1O)C2. The van der Waals surface area contributed by atoms with Crippen LogP contribution in [0.5, 0.6) is 23.0 Å². The molecule has 0 spiro atoms. The summed E-state index contributed by atoms with van der Waals surface area (Å²) in [6.45, 7) is 5.75. The third-order valence-corrected chi connectivity index (χ3v) is 4.93. The summed E-state index contributed by atoms with van der Waals surface area (Å²) in [5.74, 6) is 0.619. The van der Waals surface area contributed by atoms with E-state index in [0.29, 0.717) is 29.9 Å². The first-order valence-corrected chi connectivity index (χ1v) is 8.13. The van der Waals surface area contributed by atoms with Gasteiger partial charge in [-0.3, -0.25) is 0 Å². The van der Waals surface area contributed by atoms with E-state index in [4.69, 9.17) is 4.74 Å². The van der Waals surface area contributed by atoms with Crippen LogP contribution in [0.15, 0.2) is 43.0 Å². The number of aliphatic hydroxyl groups is 1. The van der Waals surface area contributed by atoms with E-state index in [9.17, 15) is 20.4 Å². The standard InChI is InChI=1S/C20H22O5/c1-3-20(2,11-21)16-7-12-6-13(10-25-19(12)9-18(16)24)15-5-4-14(22)8-17(15)23/h3-5,7-9,13,21-24H,1,6,10-11H2,2H3/t13-,20-/m0/s1. The lowest BCUT2D eigenvalue weighted by atomic mass is 9.80. The maximum atomic E-state index is 10.3. The van der Waals surface area contributed by atoms with E-state index in [2.05, 4.69) is 6.58 Å². The predicted octanol–water partition coefficient (Wildman–Crippen LogP) is 2.96. The zero-order valence-electron chi connectivity index (χ0n) is 14.1. The van der Waals surface area contributed by atoms with Gasteiger partial charge in [-0.15, -0.1) is 6.58 Å². The fourth-order valence-corrected chi connectivity index (χ4v) is 3.22. The molecular formula is C20H22O5. The largest absolute Gasteiger partial charge is 0.508 e. The Morgan fingerprint density at radius 2 is 1.96 bits per heavy atom. The Labute approximate surface area is 146 Å². The molecule has 0 amide bonds. The van der Waals surface area contributed by atoms with Crippen LogP contribution in [-0.4, -0.2) is 33.6 Å². The van der Waals surface area contributed by atoms with Gasteiger partial charge in [0.15, 0.2) is 0 Å². The summed E-state index contributed by atoms with van der Waals surface area (Å²) in [6.07, 6.45) is 2.22. The molecule has 2 atom stereocenters. The molecule has 0 radical (unpaired) electrons. The first-order chi connectivity index (χ1) is 11.9. The molecule has 0 aliphatic carbocycles. The fourth-order valence-electron chi connectivity index (χ4n) is 3.22. The highest BCUT2D eigenvalue weighted by Gasteiger charge is 2.30. The van der Waals surface area contributed by atoms with Gasteiger partial charge < -0.3 is 25.2 Å². The van der Waals surface area contributed by atoms with E-state index in [-0.39, 0.29) is 29.8 Å². The van der Waals surface area contributed by atoms with Crippen molar-refractivity contribution in [3.05, 3.63) is 59.7 Å². The minimum absolute atomic E-state index is 0.00952. The van der Waals surface area contributed by atoms with Crippen LogP contribution < -0.4 is 4.74 Å². The number of hydrogen-bond donors (Lipinski definition) is 4. The third kappa shape index (κ3) is 3.03. The molecular weight excluding hydrogens is 320 g/mol. The van der Waals surface area contributed by atoms with Crippen LogP contribution in [0.2, 0.25) is 0 Å². The number of benzene rings is 2. The summed E-state index contributed by atoms with van der Waals surface area (Å²) < 4.78 is 5.77. The van der Waals surface area contributed by atoms with Crippen LogP contribution in [0, 0.1) is 0 Å². The van der Waals surface area contributed by atoms with Crippen molar-refractivity contribution in [1.29, 1.82) is 0 Å². The molecule has 0 saturated carbocycles. The summed E-state index contributed by atoms with van der Waals surface area (Å²) in [5, 5.41) is 39.6. The van der Waals surface area contributed by atoms with E-state index < -0.39 is 5.41 Å². The summed E-state index contributed by atoms with van der Waals surface area (Å²) in [5.41, 5.74) is 1.42. The molecule has 5 heteroatoms. The number of phenolic OH excluding ortho intramolecular Hbond substituents is 3. The van der Waals surface area contributed by atoms with Gasteiger partial charge in [0, 0.05) is 34.6 Å². The highest BCUT2D eigenvalue weighted by atomic mass is 16.5. The number of hydrogen-bond acceptors (Lipinski definition) is 5. The van der Waals surface area contributed by atoms with Crippen LogP contribution in [0.4, 0.5) is 0 Å². The lowest BCUT2D eigenvalue weighted by molar-refractivity contribution is 0.231. The van der Waals surface area contributed by atoms with Crippen molar-refractivity contribution >= 4 is 0 Å². The van der Waals surface area contributed by atoms with Crippen LogP contribution in [0.3, 0.4) is 0 Å². The highest BCUT2D eigenvalue weighted by molar-refractivity contribution is 5.52. The van der Waals surface area contributed by atoms with Crippen molar-refractivity contribution in [3.63, 3.8) is 0 Å². The van der Waals surface area contributed by atoms with Gasteiger partial charge in [-0.25, -0.2) is 0 Å². The van der Waals surface area contributed by atoms with Gasteiger partial charge >= 0.3 is 0 Å². The lowest BCUT2D eigenvalue weighted by Gasteiger charge is -2.30. The minimum Gasteiger partial charge on any atom is -0.508 e. The van der Waals surface area contributed by atoms with Crippen LogP contribution in [-0.2, 0) is 11.8 Å². The topological polar surface area (TPSA) is 90.2 Å². The molecule has 4 N–H and O–H groups in total. The van der Waals surface area contributed by atoms with Crippen LogP contribution >= 0.6 is 0 Å². The smallest absolute Gasteiger partial charge is 0.126 e. The zero-order chi connectivity index (χ0) is 18.2. The van der Waals surface area contributed by atoms with Crippen molar-refractivity contribution < 1.29 is 25.2 Å². The van der Waals surface area contributed by atoms with Gasteiger partial charge in [-0.05, 0) is 31.0 Å². The number of aromatic hydroxyl groups is 3. The second-order valence-corrected chi connectivity index (χ2v) is 6.71. The van der Waals surface area contributed by atoms with Crippen LogP contribution in [0.25, 0.3) is 0 Å². The lowest BCUT2D eigenvalue weighted by Crippen LogP contribution is -2.25. The van der Waals surface area contributed by atoms with Crippen molar-refractivity contribution in [2.24, 2.45) is 0 Å². The molecule has 0 fully saturated rings. The molecule has 0 saturated heterocycles. The normalized spacial score (nSPS) is 18.7. The summed E-state index contributed by atoms with van der Waals surface area (Å²) in [4.78, 5) is 0. The van der Waals surface area contributed by atoms with Crippen molar-refractivity contribution in [3.8, 4) is 23.0 Å². The molecule has 1 aliphatic heterocycles. The molecule has 0 unspecified atom stereocenters. The van der Waals surface area contributed by atoms with Crippen LogP contribution in [0.1, 0.15) is 29.5 Å². The maximum Gasteiger partial charge on any atom is 0.126 e. The molecule has 2 aromatic rings. The van der Waals surface area contributed by atoms with Gasteiger partial charge in [-0.1, -0.05) is 12.1 Å². The number of phenols is 3. The second-order valence-electron chi connectivity index (χ2n) is 6.71. The van der Waals surface area contributed by atoms with Gasteiger partial charge in [-0.2, -0.15) is 0 Å². The van der Waals surface area contributed by atoms with Crippen molar-refractivity contribution in [2.45, 2.75) is 24.7 Å². The Morgan fingerprint density at radius 3 is 2.60 bits per heavy atom. The fraction of sp³-hybridized carbons (Fsp3) is 0.300. The van der Waals surface area contributed by atoms with E-state index in [1.165, 1.54) is 12.1 Å². The number of rotatable bonds is 4. The Bertz CT molecular complexity index is 814. The number of aliphatic hydroxyl groups excluding tert-OH is 1. The molecule has 0 bridgehead atoms. The number of ether oxygens (including phenoxy) is 1. The first kappa shape index (κ1) is 17.2. The zero-order valence-corrected chi connectivity index (χ0v) is 14.1. The van der Waals surface area contributed by atoms with Gasteiger partial charge in [0.25, 0.3) is 0 Å². The molecule has 3 rings (SSSR count). The van der Waals surface area contributed by atoms with E-state index in [1.807, 2.05) is 6.07 Å². The highest BCUT2D eigenvalue weighted by Crippen LogP contribution is 2.42. The molecule has 5 nitrogen and oxygen atoms in total. The molecule has 1 heterocycles. The Hall–Kier alpha value is -2.66. The molecule has 25 heavy (non-hydrogen) atoms. The Morgan fingerprint density at radius 1 is 1.20 bits per heavy atom. The van der Waals surface area contributed by atoms with Gasteiger partial charge in [0.05, 0.1) is 13.2 Å². The monoisotopic (exact) mass is 342 g/mol. The van der Waals surface area contributed by atoms with E-state index >= 15 is 0 Å². The van der Waals surface area contributed by atoms with Gasteiger partial charge in [0.2, 0.25) is 0 Å². The Kier molecular flexibility index (Phi) is 4.35. The first-order valence-electron chi connectivity index (χ1n) is 8.13. The van der Waals surface area contributed by atoms with E-state index in [1.54, 1.807) is 25.1 Å². The molecule has 1 aliphatic rings. The summed E-state index contributed by atoms with van der Waals surface area (Å²) in [7, 11) is 0. The second kappa shape index (κ2) is 6.33. The van der Waals surface area contributed by atoms with Crippen molar-refractivity contribution in [1.82, 2.24) is 0 Å². The number of fused-ring (bicyclic) bond motifs is 1. The minimum atomic E-state index is -0.757. The maximum absolute atomic E-state index is 10.3. The molecule has 0 aromatic heterocycles. The quantitative estimate of drug-likeness (QED) is 0.642. The van der Waals surface area contributed by atoms with Crippen molar-refractivity contribution in [2.75, 3.05) is 13.2 Å². The average Bonchev–Trinajstić information content (AvgIpc) is 2.60. The summed E-state index contributed by atoms with van der Waals surface area (Å²) >= 11 is 0. The molecule has 2 aromatic carbocycles. The van der Waals surface area contributed by atoms with Gasteiger partial charge in [0.1, 0.15) is 23.0 Å². The third-order valence-electron chi connectivity index (χ3n) is 4.93. The molecule has 132 valence electrons. The average molecular weight is 342 g/mol. The predicted molar refractivity (Wildman–Crippen MR) is 94.5 cm³/mol. The van der Waals surface area contributed by atoms with E-state index in [0.717, 1.165) is 5.56 Å².